The second-order valence-electron chi connectivity index (χ2n) is 4.31. The van der Waals surface area contributed by atoms with Gasteiger partial charge >= 0.3 is 11.9 Å². The Morgan fingerprint density at radius 2 is 1.53 bits per heavy atom. The Hall–Kier alpha value is -0.440. The number of carbonyl (C=O) groups excluding carboxylic acids is 1. The zero-order valence-corrected chi connectivity index (χ0v) is 14.1. The van der Waals surface area contributed by atoms with Gasteiger partial charge in [0.1, 0.15) is 0 Å². The van der Waals surface area contributed by atoms with Gasteiger partial charge in [0.2, 0.25) is 3.42 Å². The molecule has 0 spiro atoms. The number of hydrogen-bond acceptors (Lipinski definition) is 5. The fourth-order valence-electron chi connectivity index (χ4n) is 0.453. The highest BCUT2D eigenvalue weighted by Gasteiger charge is 2.40. The van der Waals surface area contributed by atoms with E-state index in [9.17, 15) is 9.59 Å². The van der Waals surface area contributed by atoms with E-state index in [0.29, 0.717) is 0 Å². The van der Waals surface area contributed by atoms with Gasteiger partial charge in [0, 0.05) is 17.6 Å². The van der Waals surface area contributed by atoms with Crippen LogP contribution in [0.25, 0.3) is 0 Å². The average Bonchev–Trinajstić information content (AvgIpc) is 2.24. The molecule has 0 aliphatic heterocycles. The maximum Gasteiger partial charge on any atom is 0.333 e. The Morgan fingerprint density at radius 3 is 1.79 bits per heavy atom. The van der Waals surface area contributed by atoms with E-state index >= 15 is 0 Å². The van der Waals surface area contributed by atoms with E-state index in [1.54, 1.807) is 0 Å². The molecule has 0 unspecified atom stereocenters. The van der Waals surface area contributed by atoms with Crippen LogP contribution in [-0.4, -0.2) is 43.9 Å². The number of ether oxygens (including phenoxy) is 1. The zero-order valence-electron chi connectivity index (χ0n) is 10.9. The van der Waals surface area contributed by atoms with Crippen molar-refractivity contribution in [1.82, 2.24) is 0 Å². The van der Waals surface area contributed by atoms with Gasteiger partial charge in [-0.15, -0.1) is 0 Å². The first-order chi connectivity index (χ1) is 8.47. The van der Waals surface area contributed by atoms with Crippen LogP contribution in [0.3, 0.4) is 0 Å². The van der Waals surface area contributed by atoms with Crippen LogP contribution in [0.15, 0.2) is 12.2 Å². The lowest BCUT2D eigenvalue weighted by molar-refractivity contribution is -0.144. The normalized spacial score (nSPS) is 11.7. The summed E-state index contributed by atoms with van der Waals surface area (Å²) in [5.74, 6) is -1.93. The molecule has 3 N–H and O–H groups in total. The monoisotopic (exact) mass is 404 g/mol. The van der Waals surface area contributed by atoms with Crippen molar-refractivity contribution in [2.45, 2.75) is 24.2 Å². The molecule has 0 aromatic heterocycles. The number of alkyl halides is 2. The Bertz CT molecular complexity index is 318. The lowest BCUT2D eigenvalue weighted by Gasteiger charge is -2.33. The summed E-state index contributed by atoms with van der Waals surface area (Å²) in [5, 5.41) is 23.6. The number of carboxylic acid groups (broad SMARTS) is 1. The van der Waals surface area contributed by atoms with E-state index in [2.05, 4.69) is 31.9 Å². The molecule has 0 saturated carbocycles. The molecule has 0 atom stereocenters. The average molecular weight is 406 g/mol. The molecular weight excluding hydrogens is 388 g/mol. The number of aliphatic hydroxyl groups excluding tert-OH is 2. The van der Waals surface area contributed by atoms with Gasteiger partial charge in [-0.3, -0.25) is 0 Å². The molecule has 0 rings (SSSR count). The third-order valence-electron chi connectivity index (χ3n) is 1.56. The first-order valence-corrected chi connectivity index (χ1v) is 6.80. The third kappa shape index (κ3) is 11.1. The van der Waals surface area contributed by atoms with Crippen molar-refractivity contribution in [1.29, 1.82) is 0 Å². The maximum absolute atomic E-state index is 11.2. The van der Waals surface area contributed by atoms with Gasteiger partial charge in [-0.25, -0.2) is 9.59 Å². The van der Waals surface area contributed by atoms with Gasteiger partial charge in [-0.1, -0.05) is 20.8 Å². The second kappa shape index (κ2) is 9.46. The smallest absolute Gasteiger partial charge is 0.333 e. The van der Waals surface area contributed by atoms with Crippen molar-refractivity contribution in [3.05, 3.63) is 12.2 Å². The summed E-state index contributed by atoms with van der Waals surface area (Å²) >= 11 is 6.40. The molecule has 19 heavy (non-hydrogen) atoms. The Morgan fingerprint density at radius 1 is 1.11 bits per heavy atom. The molecule has 0 aromatic carbocycles. The lowest BCUT2D eigenvalue weighted by atomic mass is 9.98. The van der Waals surface area contributed by atoms with Crippen LogP contribution in [0.1, 0.15) is 20.8 Å². The molecule has 0 saturated heterocycles. The minimum atomic E-state index is -1.20. The molecule has 0 aromatic rings. The first kappa shape index (κ1) is 20.9. The van der Waals surface area contributed by atoms with E-state index in [1.807, 2.05) is 20.8 Å². The number of carbonyl (C=O) groups is 2. The molecular formula is C11H18Br2O6. The van der Waals surface area contributed by atoms with Gasteiger partial charge in [0.15, 0.2) is 0 Å². The van der Waals surface area contributed by atoms with Crippen molar-refractivity contribution in [2.24, 2.45) is 5.41 Å². The molecule has 8 heteroatoms. The largest absolute Gasteiger partial charge is 0.478 e. The summed E-state index contributed by atoms with van der Waals surface area (Å²) in [4.78, 5) is 21.3. The second-order valence-corrected chi connectivity index (χ2v) is 7.60. The van der Waals surface area contributed by atoms with E-state index in [-0.39, 0.29) is 18.6 Å². The van der Waals surface area contributed by atoms with Crippen LogP contribution < -0.4 is 0 Å². The van der Waals surface area contributed by atoms with Crippen LogP contribution in [0.4, 0.5) is 0 Å². The molecule has 0 fully saturated rings. The topological polar surface area (TPSA) is 104 Å². The van der Waals surface area contributed by atoms with Crippen LogP contribution in [0, 0.1) is 5.41 Å². The quantitative estimate of drug-likeness (QED) is 0.373. The molecule has 0 aliphatic rings. The van der Waals surface area contributed by atoms with Crippen LogP contribution in [0.2, 0.25) is 0 Å². The Labute approximate surface area is 128 Å². The van der Waals surface area contributed by atoms with Crippen LogP contribution in [-0.2, 0) is 14.3 Å². The number of carboxylic acids is 1. The highest BCUT2D eigenvalue weighted by Crippen LogP contribution is 2.44. The highest BCUT2D eigenvalue weighted by atomic mass is 79.9. The summed E-state index contributed by atoms with van der Waals surface area (Å²) in [7, 11) is 0. The van der Waals surface area contributed by atoms with Crippen molar-refractivity contribution in [3.8, 4) is 0 Å². The molecule has 0 heterocycles. The molecule has 0 amide bonds. The van der Waals surface area contributed by atoms with E-state index in [4.69, 9.17) is 20.1 Å². The molecule has 0 radical (unpaired) electrons. The summed E-state index contributed by atoms with van der Waals surface area (Å²) in [5.41, 5.74) is -0.375. The summed E-state index contributed by atoms with van der Waals surface area (Å²) in [6.07, 6.45) is 1.58. The lowest BCUT2D eigenvalue weighted by Crippen LogP contribution is -2.35. The summed E-state index contributed by atoms with van der Waals surface area (Å²) in [6.45, 7) is 5.31. The summed E-state index contributed by atoms with van der Waals surface area (Å²) < 4.78 is 3.98. The first-order valence-electron chi connectivity index (χ1n) is 5.21. The third-order valence-corrected chi connectivity index (χ3v) is 4.27. The predicted molar refractivity (Wildman–Crippen MR) is 77.1 cm³/mol. The van der Waals surface area contributed by atoms with Crippen LogP contribution >= 0.6 is 31.9 Å². The van der Waals surface area contributed by atoms with Gasteiger partial charge < -0.3 is 20.1 Å². The number of hydrogen-bond donors (Lipinski definition) is 3. The van der Waals surface area contributed by atoms with Gasteiger partial charge in [-0.05, 0) is 31.9 Å². The maximum atomic E-state index is 11.2. The van der Waals surface area contributed by atoms with E-state index < -0.39 is 15.4 Å². The summed E-state index contributed by atoms with van der Waals surface area (Å²) in [6, 6.07) is 0. The molecule has 112 valence electrons. The van der Waals surface area contributed by atoms with Gasteiger partial charge in [0.25, 0.3) is 0 Å². The minimum absolute atomic E-state index is 0.125. The fraction of sp³-hybridized carbons (Fsp3) is 0.636. The van der Waals surface area contributed by atoms with Crippen molar-refractivity contribution in [3.63, 3.8) is 0 Å². The highest BCUT2D eigenvalue weighted by molar-refractivity contribution is 9.25. The fourth-order valence-corrected chi connectivity index (χ4v) is 0.772. The van der Waals surface area contributed by atoms with Crippen molar-refractivity contribution < 1.29 is 29.6 Å². The standard InChI is InChI=1S/C9H12Br2O4.C2H6O2/c1-8(2,3)9(10,11)15-7(14)5-4-6(12)13;3-1-2-4/h4-5H,1-3H3,(H,12,13);3-4H,1-2H2/b5-4+;. The number of rotatable bonds is 4. The van der Waals surface area contributed by atoms with Crippen LogP contribution in [0.5, 0.6) is 0 Å². The van der Waals surface area contributed by atoms with E-state index in [0.717, 1.165) is 12.2 Å². The number of aliphatic carboxylic acids is 1. The Balaban J connectivity index is 0. The molecule has 6 nitrogen and oxygen atoms in total. The molecule has 0 bridgehead atoms. The Kier molecular flexibility index (Phi) is 10.4. The number of esters is 1. The van der Waals surface area contributed by atoms with E-state index in [1.165, 1.54) is 0 Å². The predicted octanol–water partition coefficient (Wildman–Crippen LogP) is 1.63. The molecule has 0 aliphatic carbocycles. The minimum Gasteiger partial charge on any atom is -0.478 e. The van der Waals surface area contributed by atoms with Gasteiger partial charge in [0.05, 0.1) is 13.2 Å². The van der Waals surface area contributed by atoms with Crippen molar-refractivity contribution in [2.75, 3.05) is 13.2 Å². The number of halogens is 2. The zero-order chi connectivity index (χ0) is 15.7. The van der Waals surface area contributed by atoms with Gasteiger partial charge in [-0.2, -0.15) is 0 Å². The SMILES string of the molecule is CC(C)(C)C(Br)(Br)OC(=O)/C=C/C(=O)O.OCCO. The van der Waals surface area contributed by atoms with Crippen molar-refractivity contribution >= 4 is 43.8 Å². The number of aliphatic hydroxyl groups is 2.